The molecule has 0 bridgehead atoms. The van der Waals surface area contributed by atoms with Crippen LogP contribution < -0.4 is 15.0 Å². The van der Waals surface area contributed by atoms with Crippen molar-refractivity contribution in [2.45, 2.75) is 19.0 Å². The van der Waals surface area contributed by atoms with Crippen LogP contribution >= 0.6 is 0 Å². The van der Waals surface area contributed by atoms with E-state index in [1.807, 2.05) is 35.2 Å². The minimum absolute atomic E-state index is 0.163. The van der Waals surface area contributed by atoms with E-state index < -0.39 is 23.8 Å². The number of carbonyl (C=O) groups is 4. The molecule has 2 saturated heterocycles. The van der Waals surface area contributed by atoms with E-state index in [1.165, 1.54) is 37.2 Å². The van der Waals surface area contributed by atoms with Crippen molar-refractivity contribution in [1.82, 2.24) is 55.5 Å². The van der Waals surface area contributed by atoms with E-state index in [0.29, 0.717) is 72.4 Å². The van der Waals surface area contributed by atoms with Gasteiger partial charge in [0, 0.05) is 45.5 Å². The number of para-hydroxylation sites is 1. The number of piperazine rings is 1. The van der Waals surface area contributed by atoms with Crippen molar-refractivity contribution in [3.8, 4) is 22.8 Å². The standard InChI is InChI=1S/C31H34N12O4.C2HF3O2/c1-47-24-19-34-26(22-17-23(36-35-22)29(45)32-9-12-40-10-5-6-11-40)27-25(24)21(18-33-27)28(44)30(46)41-13-15-42(16-14-41)31-37-38-39-43(31)20-7-3-2-4-8-20;3-2(4,5)1(6)7/h2-4,7-8,17-19,33H,5-6,9-16H2,1H3,(H,32,45)(H,35,36);(H,6,7). The number of pyridine rings is 1. The summed E-state index contributed by atoms with van der Waals surface area (Å²) in [6.45, 7) is 4.98. The van der Waals surface area contributed by atoms with Gasteiger partial charge in [-0.1, -0.05) is 23.3 Å². The number of ketones is 1. The molecule has 284 valence electrons. The van der Waals surface area contributed by atoms with Gasteiger partial charge in [-0.2, -0.15) is 23.0 Å². The molecule has 21 heteroatoms. The zero-order valence-electron chi connectivity index (χ0n) is 28.8. The number of aromatic amines is 2. The number of hydrogen-bond donors (Lipinski definition) is 4. The van der Waals surface area contributed by atoms with Crippen molar-refractivity contribution in [2.75, 3.05) is 64.4 Å². The highest BCUT2D eigenvalue weighted by molar-refractivity contribution is 6.45. The topological polar surface area (TPSA) is 220 Å². The van der Waals surface area contributed by atoms with Gasteiger partial charge in [-0.25, -0.2) is 9.78 Å². The molecule has 5 aromatic rings. The van der Waals surface area contributed by atoms with Crippen molar-refractivity contribution < 1.29 is 42.2 Å². The molecule has 2 aliphatic rings. The Bertz CT molecular complexity index is 2120. The number of hydrogen-bond acceptors (Lipinski definition) is 12. The summed E-state index contributed by atoms with van der Waals surface area (Å²) in [7, 11) is 1.47. The molecule has 7 rings (SSSR count). The van der Waals surface area contributed by atoms with Gasteiger partial charge in [-0.3, -0.25) is 19.5 Å². The molecule has 18 nitrogen and oxygen atoms in total. The second-order valence-corrected chi connectivity index (χ2v) is 12.2. The molecular weight excluding hydrogens is 717 g/mol. The lowest BCUT2D eigenvalue weighted by molar-refractivity contribution is -0.192. The number of nitrogens with zero attached hydrogens (tertiary/aromatic N) is 9. The summed E-state index contributed by atoms with van der Waals surface area (Å²) < 4.78 is 38.9. The SMILES string of the molecule is COc1cnc(-c2cc(C(=O)NCCN3CCCC3)[nH]n2)c2[nH]cc(C(=O)C(=O)N3CCN(c4nnnn4-c4ccccc4)CC3)c12.O=C(O)C(F)(F)F. The van der Waals surface area contributed by atoms with Crippen LogP contribution in [-0.2, 0) is 9.59 Å². The maximum atomic E-state index is 13.7. The molecule has 0 atom stereocenters. The van der Waals surface area contributed by atoms with Gasteiger partial charge in [-0.15, -0.1) is 0 Å². The van der Waals surface area contributed by atoms with E-state index in [0.717, 1.165) is 25.3 Å². The Morgan fingerprint density at radius 1 is 1.02 bits per heavy atom. The highest BCUT2D eigenvalue weighted by Crippen LogP contribution is 2.34. The number of H-pyrrole nitrogens is 2. The molecule has 2 aliphatic heterocycles. The van der Waals surface area contributed by atoms with Crippen molar-refractivity contribution in [1.29, 1.82) is 0 Å². The number of rotatable bonds is 10. The summed E-state index contributed by atoms with van der Waals surface area (Å²) in [4.78, 5) is 62.3. The van der Waals surface area contributed by atoms with E-state index in [-0.39, 0.29) is 11.5 Å². The summed E-state index contributed by atoms with van der Waals surface area (Å²) in [5.41, 5.74) is 2.56. The van der Waals surface area contributed by atoms with Gasteiger partial charge >= 0.3 is 12.1 Å². The third kappa shape index (κ3) is 8.14. The maximum Gasteiger partial charge on any atom is 0.490 e. The molecule has 0 spiro atoms. The van der Waals surface area contributed by atoms with Crippen molar-refractivity contribution in [3.05, 3.63) is 60.0 Å². The molecule has 54 heavy (non-hydrogen) atoms. The number of amides is 2. The summed E-state index contributed by atoms with van der Waals surface area (Å²) >= 11 is 0. The predicted octanol–water partition coefficient (Wildman–Crippen LogP) is 1.93. The van der Waals surface area contributed by atoms with Gasteiger partial charge in [0.1, 0.15) is 22.8 Å². The summed E-state index contributed by atoms with van der Waals surface area (Å²) in [5.74, 6) is -3.42. The van der Waals surface area contributed by atoms with Crippen LogP contribution in [0, 0.1) is 0 Å². The third-order valence-electron chi connectivity index (χ3n) is 8.86. The Labute approximate surface area is 304 Å². The fraction of sp³-hybridized carbons (Fsp3) is 0.364. The molecule has 1 aromatic carbocycles. The van der Waals surface area contributed by atoms with Crippen LogP contribution in [0.3, 0.4) is 0 Å². The van der Waals surface area contributed by atoms with Crippen molar-refractivity contribution >= 4 is 40.4 Å². The largest absolute Gasteiger partial charge is 0.494 e. The zero-order valence-corrected chi connectivity index (χ0v) is 28.8. The van der Waals surface area contributed by atoms with Gasteiger partial charge in [0.05, 0.1) is 35.5 Å². The Morgan fingerprint density at radius 3 is 2.39 bits per heavy atom. The number of aliphatic carboxylic acids is 1. The summed E-state index contributed by atoms with van der Waals surface area (Å²) in [5, 5.41) is 29.7. The number of ether oxygens (including phenoxy) is 1. The second-order valence-electron chi connectivity index (χ2n) is 12.2. The number of carboxylic acid groups (broad SMARTS) is 1. The number of nitrogens with one attached hydrogen (secondary N) is 3. The lowest BCUT2D eigenvalue weighted by Gasteiger charge is -2.34. The molecule has 2 amide bonds. The molecule has 4 N–H and O–H groups in total. The van der Waals surface area contributed by atoms with Gasteiger partial charge in [0.25, 0.3) is 17.6 Å². The molecule has 0 saturated carbocycles. The smallest absolute Gasteiger partial charge is 0.490 e. The minimum atomic E-state index is -5.08. The Kier molecular flexibility index (Phi) is 11.1. The summed E-state index contributed by atoms with van der Waals surface area (Å²) in [6.07, 6.45) is 0.268. The number of carbonyl (C=O) groups excluding carboxylic acids is 3. The lowest BCUT2D eigenvalue weighted by atomic mass is 10.1. The first-order valence-electron chi connectivity index (χ1n) is 16.8. The third-order valence-corrected chi connectivity index (χ3v) is 8.86. The van der Waals surface area contributed by atoms with Gasteiger partial charge in [0.2, 0.25) is 5.95 Å². The predicted molar refractivity (Wildman–Crippen MR) is 184 cm³/mol. The number of alkyl halides is 3. The van der Waals surface area contributed by atoms with Crippen LogP contribution in [0.15, 0.2) is 48.8 Å². The zero-order chi connectivity index (χ0) is 38.4. The normalized spacial score (nSPS) is 14.8. The first kappa shape index (κ1) is 37.4. The van der Waals surface area contributed by atoms with Gasteiger partial charge in [0.15, 0.2) is 0 Å². The number of likely N-dealkylation sites (tertiary alicyclic amines) is 1. The Morgan fingerprint density at radius 2 is 1.72 bits per heavy atom. The average Bonchev–Trinajstić information content (AvgIpc) is 4.02. The second kappa shape index (κ2) is 16.1. The Balaban J connectivity index is 0.000000649. The average molecular weight is 753 g/mol. The van der Waals surface area contributed by atoms with Gasteiger partial charge in [-0.05, 0) is 54.6 Å². The molecular formula is C33H35F3N12O6. The monoisotopic (exact) mass is 752 g/mol. The van der Waals surface area contributed by atoms with Crippen LogP contribution in [-0.4, -0.2) is 144 Å². The minimum Gasteiger partial charge on any atom is -0.494 e. The van der Waals surface area contributed by atoms with E-state index >= 15 is 0 Å². The number of tetrazole rings is 1. The first-order chi connectivity index (χ1) is 26.0. The molecule has 4 aromatic heterocycles. The molecule has 0 radical (unpaired) electrons. The van der Waals surface area contributed by atoms with Crippen molar-refractivity contribution in [3.63, 3.8) is 0 Å². The quantitative estimate of drug-likeness (QED) is 0.119. The highest BCUT2D eigenvalue weighted by atomic mass is 19.4. The van der Waals surface area contributed by atoms with Crippen LogP contribution in [0.1, 0.15) is 33.7 Å². The number of aromatic nitrogens is 8. The van der Waals surface area contributed by atoms with E-state index in [1.54, 1.807) is 10.7 Å². The van der Waals surface area contributed by atoms with E-state index in [2.05, 4.69) is 45.9 Å². The summed E-state index contributed by atoms with van der Waals surface area (Å²) in [6, 6.07) is 11.2. The number of methoxy groups -OCH3 is 1. The maximum absolute atomic E-state index is 13.7. The molecule has 2 fully saturated rings. The number of fused-ring (bicyclic) bond motifs is 1. The van der Waals surface area contributed by atoms with Crippen molar-refractivity contribution in [2.24, 2.45) is 0 Å². The first-order valence-corrected chi connectivity index (χ1v) is 16.8. The highest BCUT2D eigenvalue weighted by Gasteiger charge is 2.38. The number of halogens is 3. The van der Waals surface area contributed by atoms with Crippen LogP contribution in [0.25, 0.3) is 28.0 Å². The van der Waals surface area contributed by atoms with Crippen LogP contribution in [0.5, 0.6) is 5.75 Å². The molecule has 0 aliphatic carbocycles. The number of benzene rings is 1. The number of Topliss-reactive ketones (excluding diaryl/α,β-unsaturated/α-hetero) is 1. The lowest BCUT2D eigenvalue weighted by Crippen LogP contribution is -2.51. The van der Waals surface area contributed by atoms with E-state index in [9.17, 15) is 27.6 Å². The fourth-order valence-electron chi connectivity index (χ4n) is 6.12. The number of carboxylic acids is 1. The van der Waals surface area contributed by atoms with Crippen LogP contribution in [0.4, 0.5) is 19.1 Å². The molecule has 0 unspecified atom stereocenters. The molecule has 6 heterocycles. The Hall–Kier alpha value is -6.38. The van der Waals surface area contributed by atoms with Crippen LogP contribution in [0.2, 0.25) is 0 Å². The van der Waals surface area contributed by atoms with E-state index in [4.69, 9.17) is 14.6 Å². The number of anilines is 1. The fourth-order valence-corrected chi connectivity index (χ4v) is 6.12. The van der Waals surface area contributed by atoms with Gasteiger partial charge < -0.3 is 34.8 Å².